The average Bonchev–Trinajstić information content (AvgIpc) is 3.32. The Kier molecular flexibility index (Phi) is 5.33. The number of imidazole rings is 1. The molecular weight excluding hydrogens is 402 g/mol. The monoisotopic (exact) mass is 427 g/mol. The zero-order valence-corrected chi connectivity index (χ0v) is 18.2. The third-order valence-corrected chi connectivity index (χ3v) is 5.91. The number of fused-ring (bicyclic) bond motifs is 1. The number of benzene rings is 2. The van der Waals surface area contributed by atoms with E-state index >= 15 is 0 Å². The summed E-state index contributed by atoms with van der Waals surface area (Å²) in [5.74, 6) is 0.793. The zero-order chi connectivity index (χ0) is 22.1. The van der Waals surface area contributed by atoms with Crippen molar-refractivity contribution in [1.29, 1.82) is 0 Å². The Bertz CT molecular complexity index is 1250. The summed E-state index contributed by atoms with van der Waals surface area (Å²) in [5, 5.41) is 3.48. The topological polar surface area (TPSA) is 71.8 Å². The van der Waals surface area contributed by atoms with Gasteiger partial charge in [-0.3, -0.25) is 9.20 Å². The number of nitrogens with zero attached hydrogens (tertiary/aromatic N) is 4. The van der Waals surface area contributed by atoms with Gasteiger partial charge in [0.2, 0.25) is 0 Å². The van der Waals surface area contributed by atoms with Crippen LogP contribution in [0.2, 0.25) is 0 Å². The van der Waals surface area contributed by atoms with Gasteiger partial charge in [-0.2, -0.15) is 0 Å². The van der Waals surface area contributed by atoms with Crippen LogP contribution < -0.4 is 5.32 Å². The Balaban J connectivity index is 1.45. The van der Waals surface area contributed by atoms with Crippen molar-refractivity contribution in [1.82, 2.24) is 19.3 Å². The molecule has 1 saturated heterocycles. The van der Waals surface area contributed by atoms with Crippen LogP contribution in [0.1, 0.15) is 21.5 Å². The smallest absolute Gasteiger partial charge is 0.254 e. The quantitative estimate of drug-likeness (QED) is 0.528. The van der Waals surface area contributed by atoms with Gasteiger partial charge in [0, 0.05) is 29.9 Å². The standard InChI is InChI=1S/C25H25N5O2/c1-17-4-3-5-18(2)23(17)28-24-22-14-26-16-30(22)21(15-27-24)19-6-8-20(9-7-19)25(31)29-10-12-32-13-11-29/h3-9,14-16H,10-13H2,1-2H3,(H,27,28). The Morgan fingerprint density at radius 2 is 1.72 bits per heavy atom. The van der Waals surface area contributed by atoms with Gasteiger partial charge in [-0.25, -0.2) is 9.97 Å². The van der Waals surface area contributed by atoms with Gasteiger partial charge in [-0.1, -0.05) is 30.3 Å². The van der Waals surface area contributed by atoms with Crippen LogP contribution in [-0.4, -0.2) is 51.5 Å². The molecule has 32 heavy (non-hydrogen) atoms. The number of hydrogen-bond donors (Lipinski definition) is 1. The van der Waals surface area contributed by atoms with E-state index in [1.165, 1.54) is 0 Å². The average molecular weight is 428 g/mol. The summed E-state index contributed by atoms with van der Waals surface area (Å²) >= 11 is 0. The fourth-order valence-electron chi connectivity index (χ4n) is 4.09. The fourth-order valence-corrected chi connectivity index (χ4v) is 4.09. The number of carbonyl (C=O) groups is 1. The van der Waals surface area contributed by atoms with Gasteiger partial charge >= 0.3 is 0 Å². The number of ether oxygens (including phenoxy) is 1. The van der Waals surface area contributed by atoms with E-state index in [1.54, 1.807) is 6.33 Å². The Morgan fingerprint density at radius 1 is 1.00 bits per heavy atom. The van der Waals surface area contributed by atoms with Crippen LogP contribution in [0.4, 0.5) is 11.5 Å². The lowest BCUT2D eigenvalue weighted by atomic mass is 10.1. The minimum Gasteiger partial charge on any atom is -0.378 e. The predicted octanol–water partition coefficient (Wildman–Crippen LogP) is 4.23. The van der Waals surface area contributed by atoms with Crippen LogP contribution in [-0.2, 0) is 4.74 Å². The van der Waals surface area contributed by atoms with Gasteiger partial charge < -0.3 is 15.0 Å². The summed E-state index contributed by atoms with van der Waals surface area (Å²) in [4.78, 5) is 23.6. The molecule has 0 aliphatic carbocycles. The van der Waals surface area contributed by atoms with E-state index in [9.17, 15) is 4.79 Å². The molecule has 4 aromatic rings. The first-order chi connectivity index (χ1) is 15.6. The van der Waals surface area contributed by atoms with E-state index in [0.717, 1.165) is 39.4 Å². The first kappa shape index (κ1) is 20.2. The van der Waals surface area contributed by atoms with Crippen molar-refractivity contribution in [2.75, 3.05) is 31.6 Å². The molecule has 1 fully saturated rings. The number of aromatic nitrogens is 3. The van der Waals surface area contributed by atoms with Crippen LogP contribution in [0.3, 0.4) is 0 Å². The van der Waals surface area contributed by atoms with E-state index in [4.69, 9.17) is 9.72 Å². The molecule has 1 aliphatic heterocycles. The lowest BCUT2D eigenvalue weighted by molar-refractivity contribution is 0.0303. The molecule has 0 bridgehead atoms. The molecule has 1 aliphatic rings. The van der Waals surface area contributed by atoms with Crippen molar-refractivity contribution < 1.29 is 9.53 Å². The summed E-state index contributed by atoms with van der Waals surface area (Å²) in [5.41, 5.74) is 6.83. The van der Waals surface area contributed by atoms with Crippen LogP contribution in [0.25, 0.3) is 16.8 Å². The summed E-state index contributed by atoms with van der Waals surface area (Å²) in [7, 11) is 0. The minimum atomic E-state index is 0.0406. The third-order valence-electron chi connectivity index (χ3n) is 5.91. The third kappa shape index (κ3) is 3.71. The largest absolute Gasteiger partial charge is 0.378 e. The fraction of sp³-hybridized carbons (Fsp3) is 0.240. The summed E-state index contributed by atoms with van der Waals surface area (Å²) < 4.78 is 7.36. The molecule has 7 nitrogen and oxygen atoms in total. The number of hydrogen-bond acceptors (Lipinski definition) is 5. The lowest BCUT2D eigenvalue weighted by Gasteiger charge is -2.26. The molecule has 2 aromatic carbocycles. The molecule has 1 amide bonds. The van der Waals surface area contributed by atoms with Crippen molar-refractivity contribution in [3.05, 3.63) is 77.9 Å². The van der Waals surface area contributed by atoms with Gasteiger partial charge in [0.25, 0.3) is 5.91 Å². The molecule has 7 heteroatoms. The summed E-state index contributed by atoms with van der Waals surface area (Å²) in [6, 6.07) is 13.9. The molecular formula is C25H25N5O2. The van der Waals surface area contributed by atoms with Crippen molar-refractivity contribution in [3.8, 4) is 11.3 Å². The number of morpholine rings is 1. The Hall–Kier alpha value is -3.71. The number of anilines is 2. The first-order valence-corrected chi connectivity index (χ1v) is 10.7. The van der Waals surface area contributed by atoms with Gasteiger partial charge in [0.15, 0.2) is 5.82 Å². The zero-order valence-electron chi connectivity index (χ0n) is 18.2. The van der Waals surface area contributed by atoms with Crippen LogP contribution in [0.5, 0.6) is 0 Å². The van der Waals surface area contributed by atoms with Crippen molar-refractivity contribution in [2.45, 2.75) is 13.8 Å². The van der Waals surface area contributed by atoms with Crippen molar-refractivity contribution in [2.24, 2.45) is 0 Å². The molecule has 0 radical (unpaired) electrons. The highest BCUT2D eigenvalue weighted by Crippen LogP contribution is 2.29. The van der Waals surface area contributed by atoms with Crippen molar-refractivity contribution >= 4 is 22.9 Å². The number of amides is 1. The molecule has 0 unspecified atom stereocenters. The van der Waals surface area contributed by atoms with Crippen LogP contribution in [0.15, 0.2) is 61.2 Å². The van der Waals surface area contributed by atoms with Gasteiger partial charge in [0.05, 0.1) is 37.6 Å². The Morgan fingerprint density at radius 3 is 2.44 bits per heavy atom. The second-order valence-corrected chi connectivity index (χ2v) is 8.01. The maximum Gasteiger partial charge on any atom is 0.254 e. The van der Waals surface area contributed by atoms with Crippen molar-refractivity contribution in [3.63, 3.8) is 0 Å². The normalized spacial score (nSPS) is 14.0. The molecule has 0 spiro atoms. The maximum atomic E-state index is 12.7. The highest BCUT2D eigenvalue weighted by molar-refractivity contribution is 5.94. The highest BCUT2D eigenvalue weighted by Gasteiger charge is 2.19. The predicted molar refractivity (Wildman–Crippen MR) is 124 cm³/mol. The summed E-state index contributed by atoms with van der Waals surface area (Å²) in [6.07, 6.45) is 5.43. The van der Waals surface area contributed by atoms with E-state index in [1.807, 2.05) is 52.0 Å². The van der Waals surface area contributed by atoms with E-state index < -0.39 is 0 Å². The highest BCUT2D eigenvalue weighted by atomic mass is 16.5. The van der Waals surface area contributed by atoms with Crippen LogP contribution in [0, 0.1) is 13.8 Å². The lowest BCUT2D eigenvalue weighted by Crippen LogP contribution is -2.40. The maximum absolute atomic E-state index is 12.7. The molecule has 1 N–H and O–H groups in total. The van der Waals surface area contributed by atoms with Gasteiger partial charge in [0.1, 0.15) is 5.52 Å². The second-order valence-electron chi connectivity index (χ2n) is 8.01. The van der Waals surface area contributed by atoms with E-state index in [0.29, 0.717) is 31.9 Å². The number of nitrogens with one attached hydrogen (secondary N) is 1. The molecule has 0 saturated carbocycles. The number of carbonyl (C=O) groups excluding carboxylic acids is 1. The van der Waals surface area contributed by atoms with E-state index in [-0.39, 0.29) is 5.91 Å². The molecule has 5 rings (SSSR count). The molecule has 2 aromatic heterocycles. The van der Waals surface area contributed by atoms with E-state index in [2.05, 4.69) is 36.3 Å². The minimum absolute atomic E-state index is 0.0406. The Labute approximate surface area is 186 Å². The van der Waals surface area contributed by atoms with Gasteiger partial charge in [-0.15, -0.1) is 0 Å². The van der Waals surface area contributed by atoms with Crippen LogP contribution >= 0.6 is 0 Å². The molecule has 3 heterocycles. The first-order valence-electron chi connectivity index (χ1n) is 10.7. The number of aryl methyl sites for hydroxylation is 2. The number of rotatable bonds is 4. The number of para-hydroxylation sites is 1. The van der Waals surface area contributed by atoms with Gasteiger partial charge in [-0.05, 0) is 37.1 Å². The second kappa shape index (κ2) is 8.43. The molecule has 0 atom stereocenters. The SMILES string of the molecule is Cc1cccc(C)c1Nc1ncc(-c2ccc(C(=O)N3CCOCC3)cc2)n2cncc12. The summed E-state index contributed by atoms with van der Waals surface area (Å²) in [6.45, 7) is 6.62. The molecule has 162 valence electrons.